The van der Waals surface area contributed by atoms with Crippen molar-refractivity contribution < 1.29 is 0 Å². The molecule has 0 heterocycles. The van der Waals surface area contributed by atoms with Gasteiger partial charge in [0.05, 0.1) is 0 Å². The van der Waals surface area contributed by atoms with Crippen molar-refractivity contribution in [2.75, 3.05) is 7.05 Å². The lowest BCUT2D eigenvalue weighted by Gasteiger charge is -2.26. The Morgan fingerprint density at radius 3 is 2.62 bits per heavy atom. The van der Waals surface area contributed by atoms with Crippen LogP contribution in [0.25, 0.3) is 0 Å². The van der Waals surface area contributed by atoms with E-state index >= 15 is 0 Å². The van der Waals surface area contributed by atoms with E-state index in [4.69, 9.17) is 22.7 Å². The summed E-state index contributed by atoms with van der Waals surface area (Å²) in [6, 6.07) is 15.9. The molecule has 0 aliphatic rings. The molecule has 0 spiro atoms. The fraction of sp³-hybridized carbons (Fsp3) is 0.235. The number of halogens is 1. The molecule has 0 aromatic heterocycles. The van der Waals surface area contributed by atoms with Crippen LogP contribution in [0.4, 0.5) is 0 Å². The quantitative estimate of drug-likeness (QED) is 0.651. The first kappa shape index (κ1) is 15.5. The van der Waals surface area contributed by atoms with Gasteiger partial charge in [0, 0.05) is 23.2 Å². The SMILES string of the molecule is CC(c1cccc(Cl)c1)N(C)Cc1ccccc1C(=N)N. The fourth-order valence-corrected chi connectivity index (χ4v) is 2.55. The van der Waals surface area contributed by atoms with Gasteiger partial charge in [-0.2, -0.15) is 0 Å². The predicted octanol–water partition coefficient (Wildman–Crippen LogP) is 3.82. The van der Waals surface area contributed by atoms with Crippen molar-refractivity contribution in [1.29, 1.82) is 5.41 Å². The summed E-state index contributed by atoms with van der Waals surface area (Å²) in [6.45, 7) is 2.87. The van der Waals surface area contributed by atoms with Crippen LogP contribution < -0.4 is 5.73 Å². The zero-order chi connectivity index (χ0) is 15.4. The van der Waals surface area contributed by atoms with E-state index in [2.05, 4.69) is 24.9 Å². The topological polar surface area (TPSA) is 53.1 Å². The average molecular weight is 302 g/mol. The number of hydrogen-bond donors (Lipinski definition) is 2. The van der Waals surface area contributed by atoms with Crippen LogP contribution in [0.2, 0.25) is 5.02 Å². The summed E-state index contributed by atoms with van der Waals surface area (Å²) >= 11 is 6.06. The minimum atomic E-state index is 0.106. The van der Waals surface area contributed by atoms with Crippen molar-refractivity contribution >= 4 is 17.4 Å². The summed E-state index contributed by atoms with van der Waals surface area (Å²) in [5.74, 6) is 0.106. The van der Waals surface area contributed by atoms with Crippen LogP contribution in [0, 0.1) is 5.41 Å². The largest absolute Gasteiger partial charge is 0.384 e. The molecule has 3 N–H and O–H groups in total. The van der Waals surface area contributed by atoms with Gasteiger partial charge >= 0.3 is 0 Å². The fourth-order valence-electron chi connectivity index (χ4n) is 2.35. The van der Waals surface area contributed by atoms with Crippen molar-refractivity contribution in [3.05, 3.63) is 70.2 Å². The molecule has 21 heavy (non-hydrogen) atoms. The summed E-state index contributed by atoms with van der Waals surface area (Å²) < 4.78 is 0. The van der Waals surface area contributed by atoms with E-state index in [9.17, 15) is 0 Å². The summed E-state index contributed by atoms with van der Waals surface area (Å²) in [6.07, 6.45) is 0. The molecule has 0 aliphatic heterocycles. The molecular weight excluding hydrogens is 282 g/mol. The highest BCUT2D eigenvalue weighted by atomic mass is 35.5. The minimum Gasteiger partial charge on any atom is -0.384 e. The second kappa shape index (κ2) is 6.74. The van der Waals surface area contributed by atoms with Gasteiger partial charge in [0.25, 0.3) is 0 Å². The van der Waals surface area contributed by atoms with Crippen molar-refractivity contribution in [2.45, 2.75) is 19.5 Å². The van der Waals surface area contributed by atoms with Crippen LogP contribution >= 0.6 is 11.6 Å². The number of nitrogens with one attached hydrogen (secondary N) is 1. The van der Waals surface area contributed by atoms with Crippen LogP contribution in [-0.2, 0) is 6.54 Å². The van der Waals surface area contributed by atoms with Crippen molar-refractivity contribution in [2.24, 2.45) is 5.73 Å². The van der Waals surface area contributed by atoms with Gasteiger partial charge in [-0.3, -0.25) is 10.3 Å². The van der Waals surface area contributed by atoms with Gasteiger partial charge in [-0.15, -0.1) is 0 Å². The Hall–Kier alpha value is -1.84. The maximum Gasteiger partial charge on any atom is 0.123 e. The number of hydrogen-bond acceptors (Lipinski definition) is 2. The van der Waals surface area contributed by atoms with Gasteiger partial charge in [0.2, 0.25) is 0 Å². The number of benzene rings is 2. The zero-order valence-corrected chi connectivity index (χ0v) is 13.1. The molecule has 1 atom stereocenters. The standard InChI is InChI=1S/C17H20ClN3/c1-12(13-7-5-8-15(18)10-13)21(2)11-14-6-3-4-9-16(14)17(19)20/h3-10,12H,11H2,1-2H3,(H3,19,20). The van der Waals surface area contributed by atoms with E-state index in [0.29, 0.717) is 0 Å². The first-order valence-corrected chi connectivity index (χ1v) is 7.25. The monoisotopic (exact) mass is 301 g/mol. The third kappa shape index (κ3) is 3.84. The molecule has 4 heteroatoms. The Kier molecular flexibility index (Phi) is 4.99. The van der Waals surface area contributed by atoms with E-state index in [1.807, 2.05) is 42.5 Å². The molecule has 0 radical (unpaired) electrons. The van der Waals surface area contributed by atoms with Crippen LogP contribution in [0.1, 0.15) is 29.7 Å². The molecule has 0 fully saturated rings. The Balaban J connectivity index is 2.18. The lowest BCUT2D eigenvalue weighted by Crippen LogP contribution is -2.24. The first-order chi connectivity index (χ1) is 9.99. The summed E-state index contributed by atoms with van der Waals surface area (Å²) in [5, 5.41) is 8.41. The highest BCUT2D eigenvalue weighted by molar-refractivity contribution is 6.30. The van der Waals surface area contributed by atoms with Crippen molar-refractivity contribution in [3.8, 4) is 0 Å². The second-order valence-electron chi connectivity index (χ2n) is 5.22. The number of rotatable bonds is 5. The minimum absolute atomic E-state index is 0.106. The van der Waals surface area contributed by atoms with Crippen LogP contribution in [0.3, 0.4) is 0 Å². The molecular formula is C17H20ClN3. The third-order valence-electron chi connectivity index (χ3n) is 3.72. The van der Waals surface area contributed by atoms with Gasteiger partial charge in [-0.05, 0) is 37.2 Å². The molecule has 3 nitrogen and oxygen atoms in total. The molecule has 0 bridgehead atoms. The molecule has 110 valence electrons. The van der Waals surface area contributed by atoms with Crippen molar-refractivity contribution in [1.82, 2.24) is 4.90 Å². The number of nitrogen functional groups attached to an aromatic ring is 1. The summed E-state index contributed by atoms with van der Waals surface area (Å²) in [7, 11) is 2.06. The van der Waals surface area contributed by atoms with Gasteiger partial charge in [0.15, 0.2) is 0 Å². The molecule has 2 aromatic rings. The smallest absolute Gasteiger partial charge is 0.123 e. The van der Waals surface area contributed by atoms with Crippen LogP contribution in [0.5, 0.6) is 0 Å². The van der Waals surface area contributed by atoms with Gasteiger partial charge in [0.1, 0.15) is 5.84 Å². The molecule has 0 amide bonds. The molecule has 2 rings (SSSR count). The molecule has 1 unspecified atom stereocenters. The third-order valence-corrected chi connectivity index (χ3v) is 3.95. The van der Waals surface area contributed by atoms with Crippen LogP contribution in [0.15, 0.2) is 48.5 Å². The summed E-state index contributed by atoms with van der Waals surface area (Å²) in [4.78, 5) is 2.22. The van der Waals surface area contributed by atoms with E-state index in [0.717, 1.165) is 22.7 Å². The zero-order valence-electron chi connectivity index (χ0n) is 12.3. The molecule has 0 aliphatic carbocycles. The first-order valence-electron chi connectivity index (χ1n) is 6.87. The number of nitrogens with two attached hydrogens (primary N) is 1. The molecule has 2 aromatic carbocycles. The maximum absolute atomic E-state index is 7.66. The second-order valence-corrected chi connectivity index (χ2v) is 5.65. The highest BCUT2D eigenvalue weighted by Crippen LogP contribution is 2.24. The lowest BCUT2D eigenvalue weighted by molar-refractivity contribution is 0.253. The lowest BCUT2D eigenvalue weighted by atomic mass is 10.0. The highest BCUT2D eigenvalue weighted by Gasteiger charge is 2.14. The van der Waals surface area contributed by atoms with E-state index in [1.165, 1.54) is 5.56 Å². The Morgan fingerprint density at radius 2 is 1.95 bits per heavy atom. The van der Waals surface area contributed by atoms with E-state index in [-0.39, 0.29) is 11.9 Å². The Morgan fingerprint density at radius 1 is 1.24 bits per heavy atom. The van der Waals surface area contributed by atoms with E-state index < -0.39 is 0 Å². The Labute approximate surface area is 130 Å². The normalized spacial score (nSPS) is 12.4. The molecule has 0 saturated heterocycles. The van der Waals surface area contributed by atoms with E-state index in [1.54, 1.807) is 0 Å². The predicted molar refractivity (Wildman–Crippen MR) is 88.8 cm³/mol. The van der Waals surface area contributed by atoms with Crippen LogP contribution in [-0.4, -0.2) is 17.8 Å². The summed E-state index contributed by atoms with van der Waals surface area (Å²) in [5.41, 5.74) is 8.67. The maximum atomic E-state index is 7.66. The van der Waals surface area contributed by atoms with Gasteiger partial charge in [-0.1, -0.05) is 48.0 Å². The van der Waals surface area contributed by atoms with Gasteiger partial charge in [-0.25, -0.2) is 0 Å². The number of amidine groups is 1. The molecule has 0 saturated carbocycles. The average Bonchev–Trinajstić information content (AvgIpc) is 2.46. The van der Waals surface area contributed by atoms with Crippen molar-refractivity contribution in [3.63, 3.8) is 0 Å². The Bertz CT molecular complexity index is 639. The number of nitrogens with zero attached hydrogens (tertiary/aromatic N) is 1. The van der Waals surface area contributed by atoms with Gasteiger partial charge < -0.3 is 5.73 Å².